The summed E-state index contributed by atoms with van der Waals surface area (Å²) in [7, 11) is 0.653. The van der Waals surface area contributed by atoms with Crippen molar-refractivity contribution in [1.29, 1.82) is 0 Å². The highest BCUT2D eigenvalue weighted by Gasteiger charge is 2.22. The van der Waals surface area contributed by atoms with Gasteiger partial charge in [0.25, 0.3) is 0 Å². The van der Waals surface area contributed by atoms with Crippen molar-refractivity contribution in [3.63, 3.8) is 0 Å². The molecule has 1 N–H and O–H groups in total. The van der Waals surface area contributed by atoms with Gasteiger partial charge in [-0.25, -0.2) is 0 Å². The third kappa shape index (κ3) is 7.75. The minimum atomic E-state index is -0.950. The van der Waals surface area contributed by atoms with Crippen LogP contribution >= 0.6 is 0 Å². The normalized spacial score (nSPS) is 14.3. The number of carbonyl (C=O) groups is 1. The lowest BCUT2D eigenvalue weighted by atomic mass is 9.80. The van der Waals surface area contributed by atoms with Gasteiger partial charge in [-0.1, -0.05) is 39.8 Å². The van der Waals surface area contributed by atoms with Gasteiger partial charge in [-0.2, -0.15) is 0 Å². The largest absolute Gasteiger partial charge is 0.384 e. The monoisotopic (exact) mass is 339 g/mol. The molecule has 5 heteroatoms. The van der Waals surface area contributed by atoms with E-state index < -0.39 is 10.8 Å². The summed E-state index contributed by atoms with van der Waals surface area (Å²) >= 11 is 0. The lowest BCUT2D eigenvalue weighted by molar-refractivity contribution is -0.117. The molecule has 1 rings (SSSR count). The zero-order chi connectivity index (χ0) is 17.5. The van der Waals surface area contributed by atoms with Crippen molar-refractivity contribution >= 4 is 22.4 Å². The molecule has 1 amide bonds. The van der Waals surface area contributed by atoms with Gasteiger partial charge >= 0.3 is 0 Å². The molecule has 0 heterocycles. The predicted molar refractivity (Wildman–Crippen MR) is 96.9 cm³/mol. The fourth-order valence-corrected chi connectivity index (χ4v) is 3.02. The number of rotatable bonds is 8. The van der Waals surface area contributed by atoms with Gasteiger partial charge < -0.3 is 10.1 Å². The Labute approximate surface area is 142 Å². The summed E-state index contributed by atoms with van der Waals surface area (Å²) in [5, 5.41) is 2.94. The van der Waals surface area contributed by atoms with E-state index in [1.807, 2.05) is 24.3 Å². The minimum Gasteiger partial charge on any atom is -0.384 e. The van der Waals surface area contributed by atoms with Gasteiger partial charge in [-0.05, 0) is 29.0 Å². The van der Waals surface area contributed by atoms with E-state index >= 15 is 0 Å². The number of methoxy groups -OCH3 is 1. The third-order valence-electron chi connectivity index (χ3n) is 4.02. The molecule has 0 aromatic heterocycles. The van der Waals surface area contributed by atoms with Crippen LogP contribution in [-0.2, 0) is 26.1 Å². The van der Waals surface area contributed by atoms with Crippen LogP contribution in [0.15, 0.2) is 24.3 Å². The lowest BCUT2D eigenvalue weighted by Crippen LogP contribution is -2.23. The first-order valence-corrected chi connectivity index (χ1v) is 9.44. The molecule has 0 aliphatic heterocycles. The van der Waals surface area contributed by atoms with Gasteiger partial charge in [0.05, 0.1) is 6.61 Å². The van der Waals surface area contributed by atoms with E-state index in [1.165, 1.54) is 0 Å². The molecular formula is C18H29NO3S. The first-order chi connectivity index (χ1) is 10.7. The Morgan fingerprint density at radius 2 is 2.04 bits per heavy atom. The molecule has 0 aliphatic rings. The molecular weight excluding hydrogens is 310 g/mol. The number of amides is 1. The summed E-state index contributed by atoms with van der Waals surface area (Å²) in [5.74, 6) is 1.32. The van der Waals surface area contributed by atoms with E-state index in [0.717, 1.165) is 11.3 Å². The van der Waals surface area contributed by atoms with Crippen LogP contribution in [0, 0.1) is 11.3 Å². The van der Waals surface area contributed by atoms with Crippen LogP contribution < -0.4 is 5.32 Å². The third-order valence-corrected chi connectivity index (χ3v) is 5.30. The van der Waals surface area contributed by atoms with Crippen LogP contribution in [0.1, 0.15) is 39.7 Å². The van der Waals surface area contributed by atoms with Gasteiger partial charge in [0, 0.05) is 41.5 Å². The van der Waals surface area contributed by atoms with E-state index in [0.29, 0.717) is 30.5 Å². The number of hydrogen-bond donors (Lipinski definition) is 1. The predicted octanol–water partition coefficient (Wildman–Crippen LogP) is 3.59. The van der Waals surface area contributed by atoms with Gasteiger partial charge in [0.2, 0.25) is 5.91 Å². The van der Waals surface area contributed by atoms with E-state index in [4.69, 9.17) is 4.74 Å². The van der Waals surface area contributed by atoms with Gasteiger partial charge in [-0.3, -0.25) is 9.00 Å². The molecule has 23 heavy (non-hydrogen) atoms. The van der Waals surface area contributed by atoms with Crippen LogP contribution in [0.2, 0.25) is 0 Å². The second-order valence-electron chi connectivity index (χ2n) is 7.00. The summed E-state index contributed by atoms with van der Waals surface area (Å²) in [6.07, 6.45) is 0.494. The highest BCUT2D eigenvalue weighted by Crippen LogP contribution is 2.28. The molecule has 0 fully saturated rings. The van der Waals surface area contributed by atoms with E-state index in [2.05, 4.69) is 33.0 Å². The topological polar surface area (TPSA) is 55.4 Å². The first-order valence-electron chi connectivity index (χ1n) is 7.95. The van der Waals surface area contributed by atoms with Crippen LogP contribution in [0.4, 0.5) is 5.69 Å². The first kappa shape index (κ1) is 19.8. The van der Waals surface area contributed by atoms with Crippen LogP contribution in [-0.4, -0.2) is 29.6 Å². The van der Waals surface area contributed by atoms with Crippen molar-refractivity contribution in [2.45, 2.75) is 39.9 Å². The SMILES string of the molecule is COCC[S@@](=O)Cc1cccc(NC(=O)C[C@@H](C)C(C)(C)C)c1. The number of benzene rings is 1. The average molecular weight is 340 g/mol. The molecule has 0 saturated heterocycles. The van der Waals surface area contributed by atoms with Crippen molar-refractivity contribution < 1.29 is 13.7 Å². The minimum absolute atomic E-state index is 0.0186. The number of ether oxygens (including phenoxy) is 1. The maximum absolute atomic E-state index is 12.2. The maximum Gasteiger partial charge on any atom is 0.224 e. The molecule has 1 aromatic carbocycles. The number of carbonyl (C=O) groups excluding carboxylic acids is 1. The van der Waals surface area contributed by atoms with Crippen LogP contribution in [0.25, 0.3) is 0 Å². The Bertz CT molecular complexity index is 537. The standard InChI is InChI=1S/C18H29NO3S/c1-14(18(2,3)4)11-17(20)19-16-8-6-7-15(12-16)13-23(21)10-9-22-5/h6-8,12,14H,9-11,13H2,1-5H3,(H,19,20)/t14-,23-/m1/s1. The summed E-state index contributed by atoms with van der Waals surface area (Å²) in [4.78, 5) is 12.2. The Balaban J connectivity index is 2.60. The molecule has 0 radical (unpaired) electrons. The van der Waals surface area contributed by atoms with Crippen molar-refractivity contribution in [3.8, 4) is 0 Å². The fraction of sp³-hybridized carbons (Fsp3) is 0.611. The number of nitrogens with one attached hydrogen (secondary N) is 1. The second-order valence-corrected chi connectivity index (χ2v) is 8.58. The molecule has 0 bridgehead atoms. The molecule has 0 aliphatic carbocycles. The average Bonchev–Trinajstić information content (AvgIpc) is 2.44. The summed E-state index contributed by atoms with van der Waals surface area (Å²) in [6, 6.07) is 7.56. The van der Waals surface area contributed by atoms with E-state index in [-0.39, 0.29) is 11.3 Å². The molecule has 4 nitrogen and oxygen atoms in total. The highest BCUT2D eigenvalue weighted by atomic mass is 32.2. The molecule has 0 spiro atoms. The van der Waals surface area contributed by atoms with Crippen molar-refractivity contribution in [2.24, 2.45) is 11.3 Å². The van der Waals surface area contributed by atoms with Gasteiger partial charge in [0.15, 0.2) is 0 Å². The summed E-state index contributed by atoms with van der Waals surface area (Å²) in [5.41, 5.74) is 1.83. The molecule has 0 unspecified atom stereocenters. The maximum atomic E-state index is 12.2. The van der Waals surface area contributed by atoms with Crippen molar-refractivity contribution in [2.75, 3.05) is 24.8 Å². The van der Waals surface area contributed by atoms with Crippen LogP contribution in [0.5, 0.6) is 0 Å². The van der Waals surface area contributed by atoms with Crippen molar-refractivity contribution in [1.82, 2.24) is 0 Å². The molecule has 0 saturated carbocycles. The summed E-state index contributed by atoms with van der Waals surface area (Å²) < 4.78 is 16.8. The highest BCUT2D eigenvalue weighted by molar-refractivity contribution is 7.84. The van der Waals surface area contributed by atoms with Crippen molar-refractivity contribution in [3.05, 3.63) is 29.8 Å². The van der Waals surface area contributed by atoms with E-state index in [9.17, 15) is 9.00 Å². The Morgan fingerprint density at radius 3 is 2.65 bits per heavy atom. The van der Waals surface area contributed by atoms with Gasteiger partial charge in [-0.15, -0.1) is 0 Å². The zero-order valence-electron chi connectivity index (χ0n) is 14.8. The molecule has 1 aromatic rings. The Hall–Kier alpha value is -1.20. The van der Waals surface area contributed by atoms with Gasteiger partial charge in [0.1, 0.15) is 0 Å². The van der Waals surface area contributed by atoms with E-state index in [1.54, 1.807) is 7.11 Å². The Morgan fingerprint density at radius 1 is 1.35 bits per heavy atom. The quantitative estimate of drug-likeness (QED) is 0.787. The zero-order valence-corrected chi connectivity index (χ0v) is 15.7. The second kappa shape index (κ2) is 9.18. The molecule has 2 atom stereocenters. The smallest absolute Gasteiger partial charge is 0.224 e. The number of anilines is 1. The Kier molecular flexibility index (Phi) is 7.92. The lowest BCUT2D eigenvalue weighted by Gasteiger charge is -2.26. The fourth-order valence-electron chi connectivity index (χ4n) is 1.97. The number of hydrogen-bond acceptors (Lipinski definition) is 3. The van der Waals surface area contributed by atoms with Crippen LogP contribution in [0.3, 0.4) is 0 Å². The molecule has 130 valence electrons. The summed E-state index contributed by atoms with van der Waals surface area (Å²) in [6.45, 7) is 9.01.